The van der Waals surface area contributed by atoms with Crippen LogP contribution in [0.25, 0.3) is 0 Å². The monoisotopic (exact) mass is 207 g/mol. The molecule has 0 saturated heterocycles. The van der Waals surface area contributed by atoms with Crippen molar-refractivity contribution in [3.8, 4) is 5.75 Å². The van der Waals surface area contributed by atoms with Crippen molar-refractivity contribution in [3.63, 3.8) is 0 Å². The Morgan fingerprint density at radius 1 is 1.53 bits per heavy atom. The highest BCUT2D eigenvalue weighted by Crippen LogP contribution is 2.36. The molecule has 0 aromatic heterocycles. The van der Waals surface area contributed by atoms with Crippen LogP contribution in [0.3, 0.4) is 0 Å². The van der Waals surface area contributed by atoms with Crippen LogP contribution >= 0.6 is 0 Å². The summed E-state index contributed by atoms with van der Waals surface area (Å²) in [6.45, 7) is 0.844. The first-order valence-corrected chi connectivity index (χ1v) is 5.37. The molecule has 2 N–H and O–H groups in total. The average molecular weight is 207 g/mol. The van der Waals surface area contributed by atoms with Gasteiger partial charge in [-0.3, -0.25) is 0 Å². The van der Waals surface area contributed by atoms with Crippen LogP contribution in [-0.2, 0) is 6.42 Å². The Labute approximate surface area is 90.1 Å². The normalized spacial score (nSPS) is 18.9. The lowest BCUT2D eigenvalue weighted by atomic mass is 10.1. The van der Waals surface area contributed by atoms with Gasteiger partial charge in [0.25, 0.3) is 0 Å². The fourth-order valence-corrected chi connectivity index (χ4v) is 2.26. The Morgan fingerprint density at radius 3 is 3.13 bits per heavy atom. The summed E-state index contributed by atoms with van der Waals surface area (Å²) >= 11 is 0. The summed E-state index contributed by atoms with van der Waals surface area (Å²) in [6.07, 6.45) is 2.15. The van der Waals surface area contributed by atoms with E-state index in [2.05, 4.69) is 11.4 Å². The van der Waals surface area contributed by atoms with Gasteiger partial charge < -0.3 is 15.2 Å². The van der Waals surface area contributed by atoms with Crippen molar-refractivity contribution >= 4 is 0 Å². The van der Waals surface area contributed by atoms with Gasteiger partial charge in [-0.2, -0.15) is 0 Å². The maximum Gasteiger partial charge on any atom is 0.122 e. The van der Waals surface area contributed by atoms with Crippen LogP contribution in [0.5, 0.6) is 5.75 Å². The van der Waals surface area contributed by atoms with Crippen molar-refractivity contribution in [3.05, 3.63) is 29.3 Å². The number of aliphatic hydroxyl groups excluding tert-OH is 1. The van der Waals surface area contributed by atoms with Crippen LogP contribution in [0.1, 0.15) is 23.6 Å². The number of aliphatic hydroxyl groups is 1. The maximum atomic E-state index is 8.79. The van der Waals surface area contributed by atoms with Crippen molar-refractivity contribution in [2.45, 2.75) is 18.9 Å². The highest BCUT2D eigenvalue weighted by atomic mass is 16.5. The smallest absolute Gasteiger partial charge is 0.122 e. The van der Waals surface area contributed by atoms with E-state index in [1.165, 1.54) is 11.1 Å². The quantitative estimate of drug-likeness (QED) is 0.781. The third-order valence-corrected chi connectivity index (χ3v) is 2.95. The van der Waals surface area contributed by atoms with Crippen molar-refractivity contribution in [1.29, 1.82) is 0 Å². The van der Waals surface area contributed by atoms with E-state index >= 15 is 0 Å². The Hall–Kier alpha value is -1.06. The van der Waals surface area contributed by atoms with Gasteiger partial charge in [0.15, 0.2) is 0 Å². The van der Waals surface area contributed by atoms with E-state index in [-0.39, 0.29) is 6.61 Å². The van der Waals surface area contributed by atoms with Gasteiger partial charge in [-0.1, -0.05) is 12.1 Å². The van der Waals surface area contributed by atoms with Gasteiger partial charge in [-0.15, -0.1) is 0 Å². The second kappa shape index (κ2) is 4.64. The standard InChI is InChI=1S/C12H17NO2/c1-15-12-4-2-3-9-10(12)5-6-11(9)13-7-8-14/h2-4,11,13-14H,5-8H2,1H3. The number of nitrogens with one attached hydrogen (secondary N) is 1. The highest BCUT2D eigenvalue weighted by molar-refractivity contribution is 5.45. The predicted molar refractivity (Wildman–Crippen MR) is 59.1 cm³/mol. The first-order chi connectivity index (χ1) is 7.36. The van der Waals surface area contributed by atoms with E-state index in [1.54, 1.807) is 7.11 Å². The summed E-state index contributed by atoms with van der Waals surface area (Å²) < 4.78 is 5.33. The van der Waals surface area contributed by atoms with Gasteiger partial charge in [-0.25, -0.2) is 0 Å². The fourth-order valence-electron chi connectivity index (χ4n) is 2.26. The molecule has 0 heterocycles. The van der Waals surface area contributed by atoms with Crippen LogP contribution in [0.4, 0.5) is 0 Å². The van der Waals surface area contributed by atoms with E-state index in [0.717, 1.165) is 18.6 Å². The highest BCUT2D eigenvalue weighted by Gasteiger charge is 2.24. The molecule has 3 heteroatoms. The summed E-state index contributed by atoms with van der Waals surface area (Å²) in [5.41, 5.74) is 2.64. The van der Waals surface area contributed by atoms with Crippen molar-refractivity contribution in [2.24, 2.45) is 0 Å². The van der Waals surface area contributed by atoms with Crippen LogP contribution in [0.2, 0.25) is 0 Å². The SMILES string of the molecule is COc1cccc2c1CCC2NCCO. The third kappa shape index (κ3) is 1.98. The molecule has 0 aliphatic heterocycles. The summed E-state index contributed by atoms with van der Waals surface area (Å²) in [5.74, 6) is 0.987. The van der Waals surface area contributed by atoms with E-state index in [1.807, 2.05) is 12.1 Å². The number of fused-ring (bicyclic) bond motifs is 1. The molecule has 3 nitrogen and oxygen atoms in total. The molecule has 0 spiro atoms. The van der Waals surface area contributed by atoms with Gasteiger partial charge in [0.05, 0.1) is 13.7 Å². The minimum Gasteiger partial charge on any atom is -0.496 e. The second-order valence-electron chi connectivity index (χ2n) is 3.80. The Balaban J connectivity index is 2.19. The summed E-state index contributed by atoms with van der Waals surface area (Å²) in [6, 6.07) is 6.55. The molecule has 1 aliphatic carbocycles. The van der Waals surface area contributed by atoms with Crippen LogP contribution < -0.4 is 10.1 Å². The first-order valence-electron chi connectivity index (χ1n) is 5.37. The summed E-state index contributed by atoms with van der Waals surface area (Å²) in [5, 5.41) is 12.1. The molecule has 0 radical (unpaired) electrons. The number of methoxy groups -OCH3 is 1. The predicted octanol–water partition coefficient (Wildman–Crippen LogP) is 1.26. The minimum atomic E-state index is 0.190. The third-order valence-electron chi connectivity index (χ3n) is 2.95. The summed E-state index contributed by atoms with van der Waals surface area (Å²) in [4.78, 5) is 0. The van der Waals surface area contributed by atoms with Crippen molar-refractivity contribution in [1.82, 2.24) is 5.32 Å². The fraction of sp³-hybridized carbons (Fsp3) is 0.500. The topological polar surface area (TPSA) is 41.5 Å². The molecule has 1 atom stereocenters. The molecule has 1 aromatic carbocycles. The lowest BCUT2D eigenvalue weighted by Crippen LogP contribution is -2.22. The van der Waals surface area contributed by atoms with Crippen LogP contribution in [0, 0.1) is 0 Å². The molecule has 82 valence electrons. The zero-order chi connectivity index (χ0) is 10.7. The van der Waals surface area contributed by atoms with Crippen LogP contribution in [0.15, 0.2) is 18.2 Å². The zero-order valence-electron chi connectivity index (χ0n) is 8.99. The Morgan fingerprint density at radius 2 is 2.40 bits per heavy atom. The molecule has 0 fully saturated rings. The van der Waals surface area contributed by atoms with Gasteiger partial charge in [-0.05, 0) is 30.0 Å². The largest absolute Gasteiger partial charge is 0.496 e. The van der Waals surface area contributed by atoms with Gasteiger partial charge >= 0.3 is 0 Å². The Kier molecular flexibility index (Phi) is 3.23. The lowest BCUT2D eigenvalue weighted by molar-refractivity contribution is 0.284. The number of benzene rings is 1. The minimum absolute atomic E-state index is 0.190. The molecular weight excluding hydrogens is 190 g/mol. The number of rotatable bonds is 4. The molecule has 0 bridgehead atoms. The molecule has 1 aliphatic rings. The van der Waals surface area contributed by atoms with Crippen LogP contribution in [-0.4, -0.2) is 25.4 Å². The molecule has 0 amide bonds. The Bertz CT molecular complexity index is 338. The van der Waals surface area contributed by atoms with Gasteiger partial charge in [0, 0.05) is 12.6 Å². The maximum absolute atomic E-state index is 8.79. The lowest BCUT2D eigenvalue weighted by Gasteiger charge is -2.13. The molecule has 1 unspecified atom stereocenters. The van der Waals surface area contributed by atoms with Gasteiger partial charge in [0.1, 0.15) is 5.75 Å². The molecule has 0 saturated carbocycles. The average Bonchev–Trinajstić information content (AvgIpc) is 2.69. The first kappa shape index (κ1) is 10.5. The van der Waals surface area contributed by atoms with E-state index in [9.17, 15) is 0 Å². The van der Waals surface area contributed by atoms with E-state index in [4.69, 9.17) is 9.84 Å². The van der Waals surface area contributed by atoms with Gasteiger partial charge in [0.2, 0.25) is 0 Å². The number of hydrogen-bond donors (Lipinski definition) is 2. The molecule has 1 aromatic rings. The second-order valence-corrected chi connectivity index (χ2v) is 3.80. The zero-order valence-corrected chi connectivity index (χ0v) is 8.99. The summed E-state index contributed by atoms with van der Waals surface area (Å²) in [7, 11) is 1.71. The van der Waals surface area contributed by atoms with E-state index < -0.39 is 0 Å². The molecular formula is C12H17NO2. The molecule has 2 rings (SSSR count). The van der Waals surface area contributed by atoms with Crippen molar-refractivity contribution in [2.75, 3.05) is 20.3 Å². The number of hydrogen-bond acceptors (Lipinski definition) is 3. The van der Waals surface area contributed by atoms with Crippen molar-refractivity contribution < 1.29 is 9.84 Å². The number of ether oxygens (including phenoxy) is 1. The molecule has 15 heavy (non-hydrogen) atoms. The van der Waals surface area contributed by atoms with E-state index in [0.29, 0.717) is 12.6 Å².